The molecule has 0 saturated heterocycles. The lowest BCUT2D eigenvalue weighted by Gasteiger charge is -2.17. The van der Waals surface area contributed by atoms with E-state index in [4.69, 9.17) is 26.5 Å². The molecule has 3 N–H and O–H groups in total. The van der Waals surface area contributed by atoms with Crippen LogP contribution >= 0.6 is 19.2 Å². The average Bonchev–Trinajstić information content (AvgIpc) is 1.62. The number of carboxylic acid groups (broad SMARTS) is 1. The van der Waals surface area contributed by atoms with Gasteiger partial charge in [-0.3, -0.25) is 4.57 Å². The molecule has 0 aromatic heterocycles. The second-order valence-electron chi connectivity index (χ2n) is 1.80. The van der Waals surface area contributed by atoms with E-state index in [9.17, 15) is 9.36 Å². The maximum atomic E-state index is 10.3. The lowest BCUT2D eigenvalue weighted by molar-refractivity contribution is -0.137. The van der Waals surface area contributed by atoms with Gasteiger partial charge in [-0.25, -0.2) is 4.79 Å². The number of hydrogen-bond acceptors (Lipinski definition) is 2. The van der Waals surface area contributed by atoms with Crippen LogP contribution < -0.4 is 0 Å². The molecule has 0 amide bonds. The minimum absolute atomic E-state index is 0.748. The third-order valence-electron chi connectivity index (χ3n) is 0.937. The van der Waals surface area contributed by atoms with Crippen molar-refractivity contribution in [1.82, 2.24) is 0 Å². The van der Waals surface area contributed by atoms with Crippen molar-refractivity contribution < 1.29 is 24.3 Å². The first-order chi connectivity index (χ1) is 4.19. The van der Waals surface area contributed by atoms with E-state index in [-0.39, 0.29) is 0 Å². The number of aliphatic carboxylic acids is 1. The summed E-state index contributed by atoms with van der Waals surface area (Å²) in [7, 11) is -4.76. The van der Waals surface area contributed by atoms with Gasteiger partial charge in [-0.1, -0.05) is 11.6 Å². The summed E-state index contributed by atoms with van der Waals surface area (Å²) in [6.07, 6.45) is 0. The molecule has 0 saturated carbocycles. The molecule has 0 rings (SSSR count). The van der Waals surface area contributed by atoms with Crippen molar-refractivity contribution in [2.45, 2.75) is 11.5 Å². The van der Waals surface area contributed by atoms with E-state index in [2.05, 4.69) is 0 Å². The number of carbonyl (C=O) groups is 1. The first-order valence-electron chi connectivity index (χ1n) is 2.17. The van der Waals surface area contributed by atoms with Crippen molar-refractivity contribution in [2.75, 3.05) is 0 Å². The van der Waals surface area contributed by atoms with Crippen molar-refractivity contribution in [2.24, 2.45) is 0 Å². The molecule has 0 bridgehead atoms. The second-order valence-corrected chi connectivity index (χ2v) is 4.80. The fourth-order valence-electron chi connectivity index (χ4n) is 0.125. The monoisotopic (exact) mass is 188 g/mol. The van der Waals surface area contributed by atoms with Crippen LogP contribution in [0.5, 0.6) is 0 Å². The average molecular weight is 189 g/mol. The summed E-state index contributed by atoms with van der Waals surface area (Å²) in [6, 6.07) is 0. The summed E-state index contributed by atoms with van der Waals surface area (Å²) >= 11 is 4.98. The zero-order chi connectivity index (χ0) is 8.58. The standard InChI is InChI=1S/C3H6ClO5P/c1-3(4,2(5)6)10(7,8)9/h1H3,(H,5,6)(H2,7,8,9). The fourth-order valence-corrected chi connectivity index (χ4v) is 0.374. The fraction of sp³-hybridized carbons (Fsp3) is 0.667. The minimum atomic E-state index is -4.76. The highest BCUT2D eigenvalue weighted by Crippen LogP contribution is 2.53. The lowest BCUT2D eigenvalue weighted by Crippen LogP contribution is -2.27. The van der Waals surface area contributed by atoms with Gasteiger partial charge in [0.1, 0.15) is 0 Å². The van der Waals surface area contributed by atoms with E-state index < -0.39 is 18.2 Å². The van der Waals surface area contributed by atoms with Crippen LogP contribution in [0.3, 0.4) is 0 Å². The largest absolute Gasteiger partial charge is 0.479 e. The predicted molar refractivity (Wildman–Crippen MR) is 33.9 cm³/mol. The third-order valence-corrected chi connectivity index (χ3v) is 3.04. The summed E-state index contributed by atoms with van der Waals surface area (Å²) in [4.78, 5) is 26.7. The summed E-state index contributed by atoms with van der Waals surface area (Å²) in [5.41, 5.74) is 0. The normalized spacial score (nSPS) is 18.0. The van der Waals surface area contributed by atoms with Gasteiger partial charge in [0, 0.05) is 0 Å². The maximum absolute atomic E-state index is 10.3. The molecular weight excluding hydrogens is 182 g/mol. The molecule has 0 radical (unpaired) electrons. The van der Waals surface area contributed by atoms with Crippen molar-refractivity contribution in [3.05, 3.63) is 0 Å². The molecule has 7 heteroatoms. The zero-order valence-corrected chi connectivity index (χ0v) is 6.63. The molecule has 0 heterocycles. The Labute approximate surface area is 61.8 Å². The van der Waals surface area contributed by atoms with Gasteiger partial charge < -0.3 is 14.9 Å². The quantitative estimate of drug-likeness (QED) is 0.425. The molecule has 0 spiro atoms. The van der Waals surface area contributed by atoms with Crippen LogP contribution in [0.15, 0.2) is 0 Å². The summed E-state index contributed by atoms with van der Waals surface area (Å²) < 4.78 is 7.77. The molecule has 1 unspecified atom stereocenters. The highest BCUT2D eigenvalue weighted by molar-refractivity contribution is 7.57. The van der Waals surface area contributed by atoms with Crippen LogP contribution in [0.4, 0.5) is 0 Å². The molecule has 60 valence electrons. The highest BCUT2D eigenvalue weighted by atomic mass is 35.5. The Morgan fingerprint density at radius 2 is 1.90 bits per heavy atom. The Morgan fingerprint density at radius 3 is 1.90 bits per heavy atom. The van der Waals surface area contributed by atoms with Crippen LogP contribution in [0.25, 0.3) is 0 Å². The van der Waals surface area contributed by atoms with E-state index >= 15 is 0 Å². The van der Waals surface area contributed by atoms with Gasteiger partial charge in [0.05, 0.1) is 0 Å². The Hall–Kier alpha value is -0.0900. The van der Waals surface area contributed by atoms with Gasteiger partial charge in [-0.15, -0.1) is 0 Å². The summed E-state index contributed by atoms with van der Waals surface area (Å²) in [6.45, 7) is 0.748. The number of halogens is 1. The van der Waals surface area contributed by atoms with Gasteiger partial charge in [-0.2, -0.15) is 0 Å². The van der Waals surface area contributed by atoms with E-state index in [0.717, 1.165) is 6.92 Å². The van der Waals surface area contributed by atoms with Gasteiger partial charge in [0.2, 0.25) is 4.62 Å². The molecular formula is C3H6ClO5P. The first kappa shape index (κ1) is 9.91. The Bertz CT molecular complexity index is 193. The molecule has 0 aromatic carbocycles. The van der Waals surface area contributed by atoms with E-state index in [1.54, 1.807) is 0 Å². The third kappa shape index (κ3) is 1.70. The Morgan fingerprint density at radius 1 is 1.60 bits per heavy atom. The van der Waals surface area contributed by atoms with Crippen LogP contribution in [0.2, 0.25) is 0 Å². The Balaban J connectivity index is 4.75. The molecule has 0 aromatic rings. The lowest BCUT2D eigenvalue weighted by atomic mass is 10.5. The summed E-state index contributed by atoms with van der Waals surface area (Å²) in [5.74, 6) is -1.73. The smallest absolute Gasteiger partial charge is 0.357 e. The van der Waals surface area contributed by atoms with E-state index in [0.29, 0.717) is 0 Å². The van der Waals surface area contributed by atoms with Crippen molar-refractivity contribution in [3.63, 3.8) is 0 Å². The van der Waals surface area contributed by atoms with Crippen molar-refractivity contribution in [3.8, 4) is 0 Å². The van der Waals surface area contributed by atoms with Gasteiger partial charge in [-0.05, 0) is 6.92 Å². The Kier molecular flexibility index (Phi) is 2.49. The van der Waals surface area contributed by atoms with Crippen LogP contribution in [0.1, 0.15) is 6.92 Å². The minimum Gasteiger partial charge on any atom is -0.479 e. The van der Waals surface area contributed by atoms with Gasteiger partial charge in [0.25, 0.3) is 0 Å². The van der Waals surface area contributed by atoms with Gasteiger partial charge >= 0.3 is 13.6 Å². The number of rotatable bonds is 2. The molecule has 5 nitrogen and oxygen atoms in total. The van der Waals surface area contributed by atoms with Crippen LogP contribution in [0, 0.1) is 0 Å². The summed E-state index contributed by atoms with van der Waals surface area (Å²) in [5, 5.41) is 8.15. The first-order valence-corrected chi connectivity index (χ1v) is 4.16. The second kappa shape index (κ2) is 2.51. The van der Waals surface area contributed by atoms with E-state index in [1.807, 2.05) is 0 Å². The molecule has 0 fully saturated rings. The number of hydrogen-bond donors (Lipinski definition) is 3. The highest BCUT2D eigenvalue weighted by Gasteiger charge is 2.48. The number of alkyl halides is 1. The van der Waals surface area contributed by atoms with Gasteiger partial charge in [0.15, 0.2) is 0 Å². The predicted octanol–water partition coefficient (Wildman–Crippen LogP) is 0.204. The SMILES string of the molecule is CC(Cl)(C(=O)O)P(=O)(O)O. The van der Waals surface area contributed by atoms with Crippen molar-refractivity contribution in [1.29, 1.82) is 0 Å². The molecule has 1 atom stereocenters. The van der Waals surface area contributed by atoms with Crippen LogP contribution in [-0.2, 0) is 9.36 Å². The zero-order valence-electron chi connectivity index (χ0n) is 4.98. The molecule has 0 aliphatic carbocycles. The molecule has 0 aliphatic rings. The topological polar surface area (TPSA) is 94.8 Å². The number of carboxylic acids is 1. The van der Waals surface area contributed by atoms with Crippen molar-refractivity contribution >= 4 is 25.2 Å². The molecule has 0 aliphatic heterocycles. The van der Waals surface area contributed by atoms with E-state index in [1.165, 1.54) is 0 Å². The maximum Gasteiger partial charge on any atom is 0.357 e. The molecule has 10 heavy (non-hydrogen) atoms. The van der Waals surface area contributed by atoms with Crippen LogP contribution in [-0.4, -0.2) is 25.5 Å².